The van der Waals surface area contributed by atoms with Gasteiger partial charge in [-0.1, -0.05) is 11.6 Å². The van der Waals surface area contributed by atoms with Crippen LogP contribution < -0.4 is 5.32 Å². The first-order valence-corrected chi connectivity index (χ1v) is 7.62. The van der Waals surface area contributed by atoms with Crippen molar-refractivity contribution in [2.45, 2.75) is 43.9 Å². The van der Waals surface area contributed by atoms with E-state index in [9.17, 15) is 15.3 Å². The summed E-state index contributed by atoms with van der Waals surface area (Å²) in [4.78, 5) is 11.1. The smallest absolute Gasteiger partial charge is 0.160 e. The molecule has 3 heterocycles. The number of aliphatic hydroxyl groups excluding tert-OH is 2. The van der Waals surface area contributed by atoms with Crippen LogP contribution in [0.3, 0.4) is 0 Å². The zero-order valence-electron chi connectivity index (χ0n) is 12.7. The van der Waals surface area contributed by atoms with Crippen LogP contribution in [-0.2, 0) is 4.74 Å². The molecule has 1 aliphatic rings. The molecule has 0 aliphatic carbocycles. The molecule has 0 aromatic carbocycles. The van der Waals surface area contributed by atoms with E-state index < -0.39 is 30.1 Å². The minimum atomic E-state index is -1.43. The zero-order valence-corrected chi connectivity index (χ0v) is 13.4. The number of aromatic amines is 1. The van der Waals surface area contributed by atoms with Gasteiger partial charge < -0.3 is 30.4 Å². The van der Waals surface area contributed by atoms with Gasteiger partial charge >= 0.3 is 0 Å². The van der Waals surface area contributed by atoms with Gasteiger partial charge in [-0.15, -0.1) is 0 Å². The van der Waals surface area contributed by atoms with Crippen LogP contribution in [0.15, 0.2) is 12.5 Å². The number of hydrogen-bond donors (Lipinski definition) is 5. The highest BCUT2D eigenvalue weighted by molar-refractivity contribution is 6.33. The van der Waals surface area contributed by atoms with Gasteiger partial charge in [0.05, 0.1) is 24.2 Å². The van der Waals surface area contributed by atoms with E-state index in [4.69, 9.17) is 16.3 Å². The zero-order chi connectivity index (χ0) is 16.8. The van der Waals surface area contributed by atoms with Crippen LogP contribution in [0.25, 0.3) is 11.0 Å². The van der Waals surface area contributed by atoms with Gasteiger partial charge in [-0.05, 0) is 13.8 Å². The second kappa shape index (κ2) is 5.97. The van der Waals surface area contributed by atoms with Gasteiger partial charge in [0.15, 0.2) is 10.9 Å². The maximum atomic E-state index is 10.6. The first kappa shape index (κ1) is 16.6. The third kappa shape index (κ3) is 3.06. The molecule has 8 nitrogen and oxygen atoms in total. The Morgan fingerprint density at radius 1 is 1.39 bits per heavy atom. The number of H-pyrrole nitrogens is 1. The predicted octanol–water partition coefficient (Wildman–Crippen LogP) is 0.0910. The molecule has 2 aromatic heterocycles. The fourth-order valence-corrected chi connectivity index (χ4v) is 3.12. The lowest BCUT2D eigenvalue weighted by Crippen LogP contribution is -2.43. The standard InChI is InChI=1S/C14H19ClN4O4/c1-14(2,22)23-12-7(4-20)19-9(11(12)21)6-3-16-10-8(6)17-5-18-13(10)15/h3,5,7,9,11-12,16,19-22H,4H2,1-2H3. The van der Waals surface area contributed by atoms with Gasteiger partial charge in [-0.2, -0.15) is 0 Å². The number of halogens is 1. The molecular formula is C14H19ClN4O4. The second-order valence-corrected chi connectivity index (χ2v) is 6.44. The highest BCUT2D eigenvalue weighted by Crippen LogP contribution is 2.35. The number of nitrogens with zero attached hydrogens (tertiary/aromatic N) is 2. The Balaban J connectivity index is 1.95. The van der Waals surface area contributed by atoms with E-state index in [-0.39, 0.29) is 11.8 Å². The Bertz CT molecular complexity index is 702. The van der Waals surface area contributed by atoms with Crippen LogP contribution in [0.1, 0.15) is 25.5 Å². The van der Waals surface area contributed by atoms with Gasteiger partial charge in [-0.3, -0.25) is 0 Å². The molecule has 1 aliphatic heterocycles. The summed E-state index contributed by atoms with van der Waals surface area (Å²) in [5, 5.41) is 33.4. The molecule has 0 bridgehead atoms. The number of rotatable bonds is 4. The van der Waals surface area contributed by atoms with E-state index in [1.807, 2.05) is 0 Å². The molecule has 0 radical (unpaired) electrons. The van der Waals surface area contributed by atoms with E-state index >= 15 is 0 Å². The number of aromatic nitrogens is 3. The fraction of sp³-hybridized carbons (Fsp3) is 0.571. The molecule has 4 atom stereocenters. The Morgan fingerprint density at radius 2 is 2.13 bits per heavy atom. The molecule has 2 aromatic rings. The summed E-state index contributed by atoms with van der Waals surface area (Å²) in [5.74, 6) is -1.43. The van der Waals surface area contributed by atoms with E-state index in [2.05, 4.69) is 20.3 Å². The summed E-state index contributed by atoms with van der Waals surface area (Å²) in [7, 11) is 0. The Morgan fingerprint density at radius 3 is 2.78 bits per heavy atom. The summed E-state index contributed by atoms with van der Waals surface area (Å²) in [6.07, 6.45) is 1.28. The summed E-state index contributed by atoms with van der Waals surface area (Å²) in [6, 6.07) is -1.05. The average molecular weight is 343 g/mol. The summed E-state index contributed by atoms with van der Waals surface area (Å²) < 4.78 is 5.49. The Labute approximate surface area is 137 Å². The van der Waals surface area contributed by atoms with Crippen molar-refractivity contribution in [3.63, 3.8) is 0 Å². The highest BCUT2D eigenvalue weighted by atomic mass is 35.5. The minimum Gasteiger partial charge on any atom is -0.395 e. The molecule has 3 rings (SSSR count). The minimum absolute atomic E-state index is 0.244. The Kier molecular flexibility index (Phi) is 4.30. The van der Waals surface area contributed by atoms with Crippen LogP contribution in [-0.4, -0.2) is 60.9 Å². The molecule has 23 heavy (non-hydrogen) atoms. The summed E-state index contributed by atoms with van der Waals surface area (Å²) in [5.41, 5.74) is 1.85. The van der Waals surface area contributed by atoms with Crippen LogP contribution in [0.5, 0.6) is 0 Å². The topological polar surface area (TPSA) is 124 Å². The monoisotopic (exact) mass is 342 g/mol. The molecule has 5 N–H and O–H groups in total. The molecular weight excluding hydrogens is 324 g/mol. The lowest BCUT2D eigenvalue weighted by atomic mass is 10.0. The van der Waals surface area contributed by atoms with E-state index in [1.54, 1.807) is 6.20 Å². The van der Waals surface area contributed by atoms with Gasteiger partial charge in [-0.25, -0.2) is 9.97 Å². The predicted molar refractivity (Wildman–Crippen MR) is 82.8 cm³/mol. The van der Waals surface area contributed by atoms with Crippen molar-refractivity contribution < 1.29 is 20.1 Å². The first-order valence-electron chi connectivity index (χ1n) is 7.24. The number of nitrogens with one attached hydrogen (secondary N) is 2. The average Bonchev–Trinajstić information content (AvgIpc) is 3.01. The van der Waals surface area contributed by atoms with Crippen molar-refractivity contribution in [2.75, 3.05) is 6.61 Å². The van der Waals surface area contributed by atoms with Gasteiger partial charge in [0.25, 0.3) is 0 Å². The molecule has 0 amide bonds. The molecule has 126 valence electrons. The number of hydrogen-bond acceptors (Lipinski definition) is 7. The quantitative estimate of drug-likeness (QED) is 0.394. The van der Waals surface area contributed by atoms with Crippen LogP contribution in [0.4, 0.5) is 0 Å². The van der Waals surface area contributed by atoms with Crippen LogP contribution in [0.2, 0.25) is 5.15 Å². The van der Waals surface area contributed by atoms with Crippen molar-refractivity contribution in [3.8, 4) is 0 Å². The summed E-state index contributed by atoms with van der Waals surface area (Å²) >= 11 is 6.02. The lowest BCUT2D eigenvalue weighted by Gasteiger charge is -2.28. The van der Waals surface area contributed by atoms with E-state index in [0.717, 1.165) is 0 Å². The third-order valence-electron chi connectivity index (χ3n) is 3.87. The van der Waals surface area contributed by atoms with Crippen molar-refractivity contribution in [2.24, 2.45) is 0 Å². The molecule has 1 fully saturated rings. The van der Waals surface area contributed by atoms with Crippen molar-refractivity contribution >= 4 is 22.6 Å². The van der Waals surface area contributed by atoms with Crippen molar-refractivity contribution in [1.82, 2.24) is 20.3 Å². The van der Waals surface area contributed by atoms with Crippen LogP contribution >= 0.6 is 11.6 Å². The Hall–Kier alpha value is -1.29. The molecule has 4 unspecified atom stereocenters. The molecule has 0 spiro atoms. The van der Waals surface area contributed by atoms with Gasteiger partial charge in [0.1, 0.15) is 24.1 Å². The number of aliphatic hydroxyl groups is 3. The number of ether oxygens (including phenoxy) is 1. The SMILES string of the molecule is CC(C)(O)OC1C(CO)NC(c2c[nH]c3c(Cl)ncnc23)C1O. The highest BCUT2D eigenvalue weighted by Gasteiger charge is 2.46. The first-order chi connectivity index (χ1) is 10.8. The maximum absolute atomic E-state index is 10.6. The number of fused-ring (bicyclic) bond motifs is 1. The summed E-state index contributed by atoms with van der Waals surface area (Å²) in [6.45, 7) is 2.70. The molecule has 0 saturated carbocycles. The van der Waals surface area contributed by atoms with Crippen LogP contribution in [0, 0.1) is 0 Å². The van der Waals surface area contributed by atoms with E-state index in [1.165, 1.54) is 20.2 Å². The van der Waals surface area contributed by atoms with Crippen molar-refractivity contribution in [3.05, 3.63) is 23.2 Å². The second-order valence-electron chi connectivity index (χ2n) is 6.09. The molecule has 9 heteroatoms. The van der Waals surface area contributed by atoms with Gasteiger partial charge in [0.2, 0.25) is 0 Å². The van der Waals surface area contributed by atoms with Gasteiger partial charge in [0, 0.05) is 11.8 Å². The lowest BCUT2D eigenvalue weighted by molar-refractivity contribution is -0.224. The largest absolute Gasteiger partial charge is 0.395 e. The molecule has 1 saturated heterocycles. The normalized spacial score (nSPS) is 28.6. The van der Waals surface area contributed by atoms with Crippen molar-refractivity contribution in [1.29, 1.82) is 0 Å². The maximum Gasteiger partial charge on any atom is 0.160 e. The van der Waals surface area contributed by atoms with E-state index in [0.29, 0.717) is 16.6 Å². The third-order valence-corrected chi connectivity index (χ3v) is 4.16. The fourth-order valence-electron chi connectivity index (χ4n) is 2.93.